The first-order valence-corrected chi connectivity index (χ1v) is 7.28. The molecule has 0 amide bonds. The molecule has 17 heavy (non-hydrogen) atoms. The molecule has 2 fully saturated rings. The minimum atomic E-state index is -0.0288. The molecule has 3 heteroatoms. The first-order valence-electron chi connectivity index (χ1n) is 7.28. The van der Waals surface area contributed by atoms with E-state index in [9.17, 15) is 5.11 Å². The Balaban J connectivity index is 1.91. The molecule has 0 bridgehead atoms. The Morgan fingerprint density at radius 3 is 2.82 bits per heavy atom. The van der Waals surface area contributed by atoms with Crippen LogP contribution in [0.3, 0.4) is 0 Å². The van der Waals surface area contributed by atoms with E-state index in [0.717, 1.165) is 19.6 Å². The molecule has 0 aromatic heterocycles. The molecule has 1 heterocycles. The van der Waals surface area contributed by atoms with E-state index in [2.05, 4.69) is 12.2 Å². The summed E-state index contributed by atoms with van der Waals surface area (Å²) in [5, 5.41) is 13.5. The maximum Gasteiger partial charge on any atom is 0.0700 e. The molecule has 2 aliphatic rings. The van der Waals surface area contributed by atoms with Crippen LogP contribution in [0.2, 0.25) is 0 Å². The third-order valence-electron chi connectivity index (χ3n) is 4.69. The Kier molecular flexibility index (Phi) is 4.83. The lowest BCUT2D eigenvalue weighted by Gasteiger charge is -2.44. The van der Waals surface area contributed by atoms with Crippen LogP contribution in [0, 0.1) is 5.92 Å². The summed E-state index contributed by atoms with van der Waals surface area (Å²) in [5.74, 6) is 0.627. The number of hydrogen-bond donors (Lipinski definition) is 2. The fourth-order valence-corrected chi connectivity index (χ4v) is 3.53. The molecule has 3 atom stereocenters. The van der Waals surface area contributed by atoms with Crippen LogP contribution in [0.25, 0.3) is 0 Å². The first-order chi connectivity index (χ1) is 8.30. The molecular weight excluding hydrogens is 214 g/mol. The average molecular weight is 241 g/mol. The van der Waals surface area contributed by atoms with Crippen LogP contribution >= 0.6 is 0 Å². The van der Waals surface area contributed by atoms with Gasteiger partial charge in [-0.3, -0.25) is 0 Å². The van der Waals surface area contributed by atoms with Crippen molar-refractivity contribution in [1.29, 1.82) is 0 Å². The number of ether oxygens (including phenoxy) is 1. The van der Waals surface area contributed by atoms with Crippen molar-refractivity contribution in [2.45, 2.75) is 63.5 Å². The molecule has 1 aliphatic heterocycles. The molecule has 3 nitrogen and oxygen atoms in total. The summed E-state index contributed by atoms with van der Waals surface area (Å²) in [6, 6.07) is 0. The molecule has 2 rings (SSSR count). The van der Waals surface area contributed by atoms with Crippen LogP contribution in [-0.2, 0) is 4.74 Å². The second-order valence-corrected chi connectivity index (χ2v) is 5.68. The van der Waals surface area contributed by atoms with Gasteiger partial charge in [0.15, 0.2) is 0 Å². The standard InChI is InChI=1S/C14H27NO2/c1-2-12-6-3-4-8-14(12,11-16)15-10-13-7-5-9-17-13/h12-13,15-16H,2-11H2,1H3. The van der Waals surface area contributed by atoms with E-state index < -0.39 is 0 Å². The van der Waals surface area contributed by atoms with Gasteiger partial charge in [-0.25, -0.2) is 0 Å². The largest absolute Gasteiger partial charge is 0.394 e. The van der Waals surface area contributed by atoms with Crippen LogP contribution in [0.4, 0.5) is 0 Å². The van der Waals surface area contributed by atoms with Crippen LogP contribution in [0.5, 0.6) is 0 Å². The number of rotatable bonds is 5. The zero-order chi connectivity index (χ0) is 12.1. The molecule has 1 saturated carbocycles. The van der Waals surface area contributed by atoms with E-state index in [1.807, 2.05) is 0 Å². The summed E-state index contributed by atoms with van der Waals surface area (Å²) in [7, 11) is 0. The fraction of sp³-hybridized carbons (Fsp3) is 1.00. The predicted octanol–water partition coefficient (Wildman–Crippen LogP) is 2.09. The zero-order valence-corrected chi connectivity index (χ0v) is 11.1. The average Bonchev–Trinajstić information content (AvgIpc) is 2.89. The van der Waals surface area contributed by atoms with Gasteiger partial charge in [0.1, 0.15) is 0 Å². The zero-order valence-electron chi connectivity index (χ0n) is 11.1. The quantitative estimate of drug-likeness (QED) is 0.774. The molecule has 3 unspecified atom stereocenters. The minimum Gasteiger partial charge on any atom is -0.394 e. The lowest BCUT2D eigenvalue weighted by molar-refractivity contribution is 0.0413. The van der Waals surface area contributed by atoms with Gasteiger partial charge in [0.25, 0.3) is 0 Å². The fourth-order valence-electron chi connectivity index (χ4n) is 3.53. The van der Waals surface area contributed by atoms with Crippen LogP contribution < -0.4 is 5.32 Å². The molecule has 0 aromatic rings. The molecule has 1 aliphatic carbocycles. The van der Waals surface area contributed by atoms with Crippen molar-refractivity contribution in [3.05, 3.63) is 0 Å². The Labute approximate surface area is 105 Å². The monoisotopic (exact) mass is 241 g/mol. The maximum atomic E-state index is 9.81. The number of nitrogens with one attached hydrogen (secondary N) is 1. The summed E-state index contributed by atoms with van der Waals surface area (Å²) >= 11 is 0. The van der Waals surface area contributed by atoms with Crippen molar-refractivity contribution in [2.24, 2.45) is 5.92 Å². The highest BCUT2D eigenvalue weighted by atomic mass is 16.5. The van der Waals surface area contributed by atoms with Gasteiger partial charge in [0.2, 0.25) is 0 Å². The molecule has 0 aromatic carbocycles. The van der Waals surface area contributed by atoms with Crippen molar-refractivity contribution < 1.29 is 9.84 Å². The predicted molar refractivity (Wildman–Crippen MR) is 69.0 cm³/mol. The Bertz CT molecular complexity index is 228. The summed E-state index contributed by atoms with van der Waals surface area (Å²) in [5.41, 5.74) is -0.0288. The van der Waals surface area contributed by atoms with Gasteiger partial charge in [-0.1, -0.05) is 26.2 Å². The number of aliphatic hydroxyl groups excluding tert-OH is 1. The van der Waals surface area contributed by atoms with Crippen molar-refractivity contribution in [1.82, 2.24) is 5.32 Å². The van der Waals surface area contributed by atoms with Crippen LogP contribution in [-0.4, -0.2) is 36.5 Å². The van der Waals surface area contributed by atoms with E-state index in [1.165, 1.54) is 38.5 Å². The van der Waals surface area contributed by atoms with Crippen molar-refractivity contribution in [2.75, 3.05) is 19.8 Å². The van der Waals surface area contributed by atoms with Gasteiger partial charge in [0.05, 0.1) is 12.7 Å². The first kappa shape index (κ1) is 13.3. The van der Waals surface area contributed by atoms with E-state index in [1.54, 1.807) is 0 Å². The minimum absolute atomic E-state index is 0.0288. The summed E-state index contributed by atoms with van der Waals surface area (Å²) in [4.78, 5) is 0. The normalized spacial score (nSPS) is 38.5. The molecular formula is C14H27NO2. The van der Waals surface area contributed by atoms with Gasteiger partial charge in [-0.15, -0.1) is 0 Å². The van der Waals surface area contributed by atoms with Crippen molar-refractivity contribution in [3.63, 3.8) is 0 Å². The lowest BCUT2D eigenvalue weighted by atomic mass is 9.71. The Hall–Kier alpha value is -0.120. The molecule has 0 radical (unpaired) electrons. The highest BCUT2D eigenvalue weighted by Crippen LogP contribution is 2.35. The van der Waals surface area contributed by atoms with Crippen LogP contribution in [0.1, 0.15) is 51.9 Å². The lowest BCUT2D eigenvalue weighted by Crippen LogP contribution is -2.57. The topological polar surface area (TPSA) is 41.5 Å². The summed E-state index contributed by atoms with van der Waals surface area (Å²) < 4.78 is 5.66. The number of hydrogen-bond acceptors (Lipinski definition) is 3. The Morgan fingerprint density at radius 1 is 1.29 bits per heavy atom. The van der Waals surface area contributed by atoms with Gasteiger partial charge in [0, 0.05) is 18.7 Å². The van der Waals surface area contributed by atoms with Gasteiger partial charge < -0.3 is 15.2 Å². The number of aliphatic hydroxyl groups is 1. The summed E-state index contributed by atoms with van der Waals surface area (Å²) in [6.07, 6.45) is 8.85. The third kappa shape index (κ3) is 3.01. The van der Waals surface area contributed by atoms with Crippen molar-refractivity contribution in [3.8, 4) is 0 Å². The highest BCUT2D eigenvalue weighted by molar-refractivity contribution is 4.97. The van der Waals surface area contributed by atoms with E-state index >= 15 is 0 Å². The van der Waals surface area contributed by atoms with E-state index in [0.29, 0.717) is 12.0 Å². The molecule has 1 saturated heterocycles. The second-order valence-electron chi connectivity index (χ2n) is 5.68. The SMILES string of the molecule is CCC1CCCCC1(CO)NCC1CCCO1. The Morgan fingerprint density at radius 2 is 2.18 bits per heavy atom. The van der Waals surface area contributed by atoms with Gasteiger partial charge >= 0.3 is 0 Å². The van der Waals surface area contributed by atoms with E-state index in [4.69, 9.17) is 4.74 Å². The maximum absolute atomic E-state index is 9.81. The molecule has 2 N–H and O–H groups in total. The van der Waals surface area contributed by atoms with Gasteiger partial charge in [-0.05, 0) is 31.6 Å². The second kappa shape index (κ2) is 6.17. The van der Waals surface area contributed by atoms with E-state index in [-0.39, 0.29) is 12.1 Å². The van der Waals surface area contributed by atoms with Gasteiger partial charge in [-0.2, -0.15) is 0 Å². The van der Waals surface area contributed by atoms with Crippen molar-refractivity contribution >= 4 is 0 Å². The molecule has 0 spiro atoms. The smallest absolute Gasteiger partial charge is 0.0700 e. The molecule has 100 valence electrons. The summed E-state index contributed by atoms with van der Waals surface area (Å²) in [6.45, 7) is 4.35. The third-order valence-corrected chi connectivity index (χ3v) is 4.69. The highest BCUT2D eigenvalue weighted by Gasteiger charge is 2.39. The van der Waals surface area contributed by atoms with Crippen LogP contribution in [0.15, 0.2) is 0 Å².